The van der Waals surface area contributed by atoms with Gasteiger partial charge in [0.15, 0.2) is 0 Å². The van der Waals surface area contributed by atoms with Gasteiger partial charge in [0.2, 0.25) is 5.91 Å². The molecule has 1 atom stereocenters. The fourth-order valence-corrected chi connectivity index (χ4v) is 5.23. The van der Waals surface area contributed by atoms with E-state index >= 15 is 0 Å². The third-order valence-corrected chi connectivity index (χ3v) is 6.77. The van der Waals surface area contributed by atoms with Gasteiger partial charge < -0.3 is 15.2 Å². The Morgan fingerprint density at radius 3 is 2.74 bits per heavy atom. The lowest BCUT2D eigenvalue weighted by molar-refractivity contribution is -0.131. The van der Waals surface area contributed by atoms with Crippen molar-refractivity contribution in [3.63, 3.8) is 0 Å². The van der Waals surface area contributed by atoms with E-state index in [1.54, 1.807) is 29.4 Å². The second kappa shape index (κ2) is 9.28. The predicted molar refractivity (Wildman–Crippen MR) is 134 cm³/mol. The number of nitrogens with zero attached hydrogens (tertiary/aromatic N) is 3. The average Bonchev–Trinajstić information content (AvgIpc) is 2.83. The zero-order valence-corrected chi connectivity index (χ0v) is 20.1. The topological polar surface area (TPSA) is 91.0 Å². The van der Waals surface area contributed by atoms with E-state index in [-0.39, 0.29) is 29.6 Å². The molecule has 2 aromatic carbocycles. The first-order valence-electron chi connectivity index (χ1n) is 10.9. The molecule has 35 heavy (non-hydrogen) atoms. The van der Waals surface area contributed by atoms with Crippen molar-refractivity contribution >= 4 is 45.6 Å². The molecular formula is C25H20Cl2FN5O2. The number of halogens is 3. The monoisotopic (exact) mass is 511 g/mol. The van der Waals surface area contributed by atoms with E-state index in [0.29, 0.717) is 39.7 Å². The molecule has 0 spiro atoms. The van der Waals surface area contributed by atoms with Crippen LogP contribution in [0, 0.1) is 5.82 Å². The molecule has 0 bridgehead atoms. The number of anilines is 1. The molecule has 10 heteroatoms. The second-order valence-corrected chi connectivity index (χ2v) is 9.23. The molecule has 1 aliphatic heterocycles. The minimum absolute atomic E-state index is 0.115. The van der Waals surface area contributed by atoms with E-state index in [4.69, 9.17) is 23.2 Å². The van der Waals surface area contributed by atoms with Crippen molar-refractivity contribution in [1.29, 1.82) is 0 Å². The van der Waals surface area contributed by atoms with E-state index < -0.39 is 11.4 Å². The predicted octanol–water partition coefficient (Wildman–Crippen LogP) is 4.99. The molecule has 2 N–H and O–H groups in total. The van der Waals surface area contributed by atoms with Crippen LogP contribution in [0.15, 0.2) is 53.8 Å². The Morgan fingerprint density at radius 2 is 1.97 bits per heavy atom. The molecule has 7 nitrogen and oxygen atoms in total. The highest BCUT2D eigenvalue weighted by Crippen LogP contribution is 2.37. The lowest BCUT2D eigenvalue weighted by atomic mass is 9.93. The molecule has 5 rings (SSSR count). The first-order valence-corrected chi connectivity index (χ1v) is 11.7. The second-order valence-electron chi connectivity index (χ2n) is 8.39. The summed E-state index contributed by atoms with van der Waals surface area (Å²) in [5.41, 5.74) is 2.73. The zero-order chi connectivity index (χ0) is 24.7. The van der Waals surface area contributed by atoms with Crippen LogP contribution in [-0.2, 0) is 11.2 Å². The van der Waals surface area contributed by atoms with Gasteiger partial charge in [0.05, 0.1) is 29.4 Å². The van der Waals surface area contributed by atoms with Gasteiger partial charge in [-0.25, -0.2) is 14.4 Å². The number of aromatic amines is 1. The van der Waals surface area contributed by atoms with Gasteiger partial charge in [-0.1, -0.05) is 23.2 Å². The Labute approximate surface area is 209 Å². The van der Waals surface area contributed by atoms with Crippen LogP contribution in [0.2, 0.25) is 10.0 Å². The summed E-state index contributed by atoms with van der Waals surface area (Å²) in [5, 5.41) is 4.71. The number of amides is 1. The van der Waals surface area contributed by atoms with E-state index in [9.17, 15) is 14.0 Å². The van der Waals surface area contributed by atoms with Crippen LogP contribution in [-0.4, -0.2) is 38.8 Å². The Kier molecular flexibility index (Phi) is 6.17. The third kappa shape index (κ3) is 4.47. The van der Waals surface area contributed by atoms with Crippen molar-refractivity contribution in [1.82, 2.24) is 19.9 Å². The number of fused-ring (bicyclic) bond motifs is 2. The van der Waals surface area contributed by atoms with Gasteiger partial charge in [0, 0.05) is 34.5 Å². The van der Waals surface area contributed by atoms with Crippen LogP contribution in [0.1, 0.15) is 24.1 Å². The molecule has 1 unspecified atom stereocenters. The van der Waals surface area contributed by atoms with E-state index in [1.807, 2.05) is 13.0 Å². The standard InChI is InChI=1S/C25H20Cl2FN5O2/c1-13-24-14(4-17(26)7-19(24)27)2-3-33(13)23(34)11-31-22-6-15-5-21(16-9-29-12-30-10-16)32-25(35)18(15)8-20(22)28/h4-10,12-13,31H,2-3,11H2,1H3,(H,32,35). The van der Waals surface area contributed by atoms with Crippen molar-refractivity contribution in [3.05, 3.63) is 86.4 Å². The molecule has 2 aromatic heterocycles. The summed E-state index contributed by atoms with van der Waals surface area (Å²) in [6.07, 6.45) is 5.17. The largest absolute Gasteiger partial charge is 0.374 e. The number of H-pyrrole nitrogens is 1. The van der Waals surface area contributed by atoms with Crippen LogP contribution >= 0.6 is 23.2 Å². The highest BCUT2D eigenvalue weighted by atomic mass is 35.5. The van der Waals surface area contributed by atoms with Crippen molar-refractivity contribution in [2.24, 2.45) is 0 Å². The van der Waals surface area contributed by atoms with E-state index in [2.05, 4.69) is 20.3 Å². The van der Waals surface area contributed by atoms with E-state index in [0.717, 1.165) is 17.2 Å². The summed E-state index contributed by atoms with van der Waals surface area (Å²) in [6.45, 7) is 2.30. The number of aromatic nitrogens is 3. The Morgan fingerprint density at radius 1 is 1.20 bits per heavy atom. The Hall–Kier alpha value is -3.49. The minimum Gasteiger partial charge on any atom is -0.374 e. The first kappa shape index (κ1) is 23.3. The van der Waals surface area contributed by atoms with Crippen molar-refractivity contribution < 1.29 is 9.18 Å². The third-order valence-electron chi connectivity index (χ3n) is 6.24. The zero-order valence-electron chi connectivity index (χ0n) is 18.6. The normalized spacial score (nSPS) is 15.2. The fourth-order valence-electron chi connectivity index (χ4n) is 4.53. The molecular weight excluding hydrogens is 492 g/mol. The summed E-state index contributed by atoms with van der Waals surface area (Å²) in [6, 6.07) is 7.71. The van der Waals surface area contributed by atoms with Gasteiger partial charge in [0.25, 0.3) is 5.56 Å². The number of carbonyl (C=O) groups is 1. The average molecular weight is 512 g/mol. The summed E-state index contributed by atoms with van der Waals surface area (Å²) in [7, 11) is 0. The van der Waals surface area contributed by atoms with E-state index in [1.165, 1.54) is 12.4 Å². The van der Waals surface area contributed by atoms with Gasteiger partial charge in [-0.15, -0.1) is 0 Å². The maximum absolute atomic E-state index is 14.8. The maximum Gasteiger partial charge on any atom is 0.256 e. The quantitative estimate of drug-likeness (QED) is 0.402. The number of rotatable bonds is 4. The molecule has 1 aliphatic rings. The fraction of sp³-hybridized carbons (Fsp3) is 0.200. The molecule has 1 amide bonds. The molecule has 3 heterocycles. The SMILES string of the molecule is CC1c2c(Cl)cc(Cl)cc2CCN1C(=O)CNc1cc2cc(-c3cncnc3)[nH]c(=O)c2cc1F. The number of nitrogens with one attached hydrogen (secondary N) is 2. The van der Waals surface area contributed by atoms with Crippen LogP contribution in [0.3, 0.4) is 0 Å². The Bertz CT molecular complexity index is 1510. The van der Waals surface area contributed by atoms with Crippen molar-refractivity contribution in [2.75, 3.05) is 18.4 Å². The van der Waals surface area contributed by atoms with Gasteiger partial charge >= 0.3 is 0 Å². The maximum atomic E-state index is 14.8. The smallest absolute Gasteiger partial charge is 0.256 e. The van der Waals surface area contributed by atoms with Crippen LogP contribution in [0.25, 0.3) is 22.0 Å². The van der Waals surface area contributed by atoms with Crippen molar-refractivity contribution in [3.8, 4) is 11.3 Å². The van der Waals surface area contributed by atoms with Crippen LogP contribution < -0.4 is 10.9 Å². The van der Waals surface area contributed by atoms with Gasteiger partial charge in [-0.2, -0.15) is 0 Å². The first-order chi connectivity index (χ1) is 16.8. The number of benzene rings is 2. The molecule has 4 aromatic rings. The van der Waals surface area contributed by atoms with Gasteiger partial charge in [-0.05, 0) is 60.2 Å². The lowest BCUT2D eigenvalue weighted by Crippen LogP contribution is -2.42. The summed E-state index contributed by atoms with van der Waals surface area (Å²) < 4.78 is 14.8. The number of hydrogen-bond acceptors (Lipinski definition) is 5. The van der Waals surface area contributed by atoms with Gasteiger partial charge in [0.1, 0.15) is 12.1 Å². The number of carbonyl (C=O) groups excluding carboxylic acids is 1. The molecule has 0 saturated carbocycles. The summed E-state index contributed by atoms with van der Waals surface area (Å²) in [5.74, 6) is -0.817. The molecule has 0 aliphatic carbocycles. The number of pyridine rings is 1. The molecule has 0 saturated heterocycles. The van der Waals surface area contributed by atoms with Gasteiger partial charge in [-0.3, -0.25) is 9.59 Å². The lowest BCUT2D eigenvalue weighted by Gasteiger charge is -2.36. The summed E-state index contributed by atoms with van der Waals surface area (Å²) >= 11 is 12.5. The van der Waals surface area contributed by atoms with Crippen LogP contribution in [0.5, 0.6) is 0 Å². The number of hydrogen-bond donors (Lipinski definition) is 2. The van der Waals surface area contributed by atoms with Crippen LogP contribution in [0.4, 0.5) is 10.1 Å². The highest BCUT2D eigenvalue weighted by Gasteiger charge is 2.29. The molecule has 0 radical (unpaired) electrons. The summed E-state index contributed by atoms with van der Waals surface area (Å²) in [4.78, 5) is 37.9. The Balaban J connectivity index is 1.38. The molecule has 178 valence electrons. The molecule has 0 fully saturated rings. The highest BCUT2D eigenvalue weighted by molar-refractivity contribution is 6.35. The minimum atomic E-state index is -0.624. The van der Waals surface area contributed by atoms with Crippen molar-refractivity contribution in [2.45, 2.75) is 19.4 Å².